The normalized spacial score (nSPS) is 10.4. The average molecular weight is 282 g/mol. The van der Waals surface area contributed by atoms with E-state index in [0.29, 0.717) is 12.2 Å². The van der Waals surface area contributed by atoms with Gasteiger partial charge in [0.25, 0.3) is 5.91 Å². The number of carbonyl (C=O) groups excluding carboxylic acids is 1. The number of hydrogen-bond acceptors (Lipinski definition) is 2. The van der Waals surface area contributed by atoms with Crippen molar-refractivity contribution in [1.82, 2.24) is 0 Å². The zero-order valence-electron chi connectivity index (χ0n) is 12.9. The highest BCUT2D eigenvalue weighted by Gasteiger charge is 2.20. The minimum atomic E-state index is 0.0101. The van der Waals surface area contributed by atoms with Gasteiger partial charge in [-0.25, -0.2) is 0 Å². The molecule has 0 aliphatic heterocycles. The first kappa shape index (κ1) is 15.1. The Labute approximate surface area is 126 Å². The molecule has 0 heterocycles. The van der Waals surface area contributed by atoms with Gasteiger partial charge in [-0.15, -0.1) is 0 Å². The van der Waals surface area contributed by atoms with Crippen LogP contribution in [0.15, 0.2) is 42.5 Å². The van der Waals surface area contributed by atoms with Crippen molar-refractivity contribution in [2.45, 2.75) is 27.2 Å². The number of carbonyl (C=O) groups is 1. The van der Waals surface area contributed by atoms with Crippen LogP contribution >= 0.6 is 0 Å². The smallest absolute Gasteiger partial charge is 0.258 e. The molecule has 0 saturated heterocycles. The van der Waals surface area contributed by atoms with Gasteiger partial charge in [0, 0.05) is 12.1 Å². The second-order valence-corrected chi connectivity index (χ2v) is 5.26. The second-order valence-electron chi connectivity index (χ2n) is 5.26. The summed E-state index contributed by atoms with van der Waals surface area (Å²) in [5, 5.41) is 0. The van der Waals surface area contributed by atoms with Crippen LogP contribution in [0, 0.1) is 13.8 Å². The molecule has 2 N–H and O–H groups in total. The van der Waals surface area contributed by atoms with Gasteiger partial charge in [-0.1, -0.05) is 31.2 Å². The van der Waals surface area contributed by atoms with Gasteiger partial charge in [-0.2, -0.15) is 0 Å². The molecule has 0 aromatic heterocycles. The number of nitrogens with two attached hydrogens (primary N) is 1. The van der Waals surface area contributed by atoms with Crippen molar-refractivity contribution in [2.75, 3.05) is 17.2 Å². The van der Waals surface area contributed by atoms with Crippen LogP contribution in [0.5, 0.6) is 0 Å². The molecule has 0 unspecified atom stereocenters. The van der Waals surface area contributed by atoms with Gasteiger partial charge in [0.05, 0.1) is 11.4 Å². The van der Waals surface area contributed by atoms with Crippen LogP contribution in [-0.4, -0.2) is 12.5 Å². The number of rotatable bonds is 4. The molecule has 3 nitrogen and oxygen atoms in total. The van der Waals surface area contributed by atoms with Crippen LogP contribution in [0.1, 0.15) is 34.8 Å². The number of para-hydroxylation sites is 2. The molecule has 0 bridgehead atoms. The predicted molar refractivity (Wildman–Crippen MR) is 88.7 cm³/mol. The Kier molecular flexibility index (Phi) is 4.63. The Morgan fingerprint density at radius 1 is 1.10 bits per heavy atom. The van der Waals surface area contributed by atoms with Crippen molar-refractivity contribution in [3.63, 3.8) is 0 Å². The van der Waals surface area contributed by atoms with Gasteiger partial charge < -0.3 is 10.6 Å². The van der Waals surface area contributed by atoms with E-state index in [1.807, 2.05) is 56.3 Å². The number of nitrogens with zero attached hydrogens (tertiary/aromatic N) is 1. The zero-order valence-corrected chi connectivity index (χ0v) is 12.9. The van der Waals surface area contributed by atoms with Crippen LogP contribution in [0.4, 0.5) is 11.4 Å². The monoisotopic (exact) mass is 282 g/mol. The quantitative estimate of drug-likeness (QED) is 0.863. The molecular formula is C18H22N2O. The fourth-order valence-electron chi connectivity index (χ4n) is 2.42. The number of anilines is 2. The lowest BCUT2D eigenvalue weighted by Crippen LogP contribution is -2.32. The minimum Gasteiger partial charge on any atom is -0.397 e. The van der Waals surface area contributed by atoms with Crippen molar-refractivity contribution < 1.29 is 4.79 Å². The molecule has 0 saturated carbocycles. The summed E-state index contributed by atoms with van der Waals surface area (Å²) in [5.74, 6) is 0.0101. The topological polar surface area (TPSA) is 46.3 Å². The Morgan fingerprint density at radius 3 is 2.48 bits per heavy atom. The first-order valence-electron chi connectivity index (χ1n) is 7.28. The van der Waals surface area contributed by atoms with Crippen LogP contribution < -0.4 is 10.6 Å². The molecule has 1 amide bonds. The van der Waals surface area contributed by atoms with E-state index in [4.69, 9.17) is 5.73 Å². The Balaban J connectivity index is 2.46. The Morgan fingerprint density at radius 2 is 1.81 bits per heavy atom. The van der Waals surface area contributed by atoms with Crippen molar-refractivity contribution >= 4 is 17.3 Å². The van der Waals surface area contributed by atoms with Crippen LogP contribution in [0.2, 0.25) is 0 Å². The molecule has 0 aliphatic rings. The lowest BCUT2D eigenvalue weighted by atomic mass is 10.0. The van der Waals surface area contributed by atoms with Crippen molar-refractivity contribution in [3.8, 4) is 0 Å². The summed E-state index contributed by atoms with van der Waals surface area (Å²) < 4.78 is 0. The van der Waals surface area contributed by atoms with E-state index >= 15 is 0 Å². The van der Waals surface area contributed by atoms with Gasteiger partial charge >= 0.3 is 0 Å². The second kappa shape index (κ2) is 6.44. The number of benzene rings is 2. The first-order chi connectivity index (χ1) is 10.1. The van der Waals surface area contributed by atoms with Crippen LogP contribution in [0.25, 0.3) is 0 Å². The molecule has 0 radical (unpaired) electrons. The minimum absolute atomic E-state index is 0.0101. The van der Waals surface area contributed by atoms with E-state index in [-0.39, 0.29) is 5.91 Å². The van der Waals surface area contributed by atoms with Crippen molar-refractivity contribution in [2.24, 2.45) is 0 Å². The van der Waals surface area contributed by atoms with Crippen LogP contribution in [-0.2, 0) is 0 Å². The summed E-state index contributed by atoms with van der Waals surface area (Å²) in [6, 6.07) is 13.3. The van der Waals surface area contributed by atoms with Gasteiger partial charge in [0.15, 0.2) is 0 Å². The van der Waals surface area contributed by atoms with Gasteiger partial charge in [-0.05, 0) is 49.6 Å². The van der Waals surface area contributed by atoms with Crippen molar-refractivity contribution in [1.29, 1.82) is 0 Å². The summed E-state index contributed by atoms with van der Waals surface area (Å²) in [5.41, 5.74) is 10.3. The number of aryl methyl sites for hydroxylation is 1. The summed E-state index contributed by atoms with van der Waals surface area (Å²) in [4.78, 5) is 14.7. The van der Waals surface area contributed by atoms with Gasteiger partial charge in [0.1, 0.15) is 0 Å². The summed E-state index contributed by atoms with van der Waals surface area (Å²) in [6.07, 6.45) is 0.880. The van der Waals surface area contributed by atoms with Crippen LogP contribution in [0.3, 0.4) is 0 Å². The molecule has 0 atom stereocenters. The summed E-state index contributed by atoms with van der Waals surface area (Å²) >= 11 is 0. The molecule has 2 aromatic rings. The molecule has 110 valence electrons. The summed E-state index contributed by atoms with van der Waals surface area (Å²) in [6.45, 7) is 6.72. The number of nitrogen functional groups attached to an aromatic ring is 1. The third-order valence-corrected chi connectivity index (χ3v) is 3.75. The fourth-order valence-corrected chi connectivity index (χ4v) is 2.42. The number of amides is 1. The maximum absolute atomic E-state index is 12.9. The lowest BCUT2D eigenvalue weighted by Gasteiger charge is -2.24. The van der Waals surface area contributed by atoms with Gasteiger partial charge in [-0.3, -0.25) is 4.79 Å². The third kappa shape index (κ3) is 3.07. The number of hydrogen-bond donors (Lipinski definition) is 1. The average Bonchev–Trinajstić information content (AvgIpc) is 2.48. The summed E-state index contributed by atoms with van der Waals surface area (Å²) in [7, 11) is 0. The van der Waals surface area contributed by atoms with E-state index in [1.165, 1.54) is 0 Å². The molecular weight excluding hydrogens is 260 g/mol. The van der Waals surface area contributed by atoms with E-state index in [1.54, 1.807) is 4.90 Å². The van der Waals surface area contributed by atoms with Crippen molar-refractivity contribution in [3.05, 3.63) is 59.2 Å². The standard InChI is InChI=1S/C18H22N2O/c1-4-12-20(17-11-6-5-10-16(17)19)18(21)15-9-7-8-13(2)14(15)3/h5-11H,4,12,19H2,1-3H3. The SMILES string of the molecule is CCCN(C(=O)c1cccc(C)c1C)c1ccccc1N. The highest BCUT2D eigenvalue weighted by atomic mass is 16.2. The Bertz CT molecular complexity index is 649. The van der Waals surface area contributed by atoms with Gasteiger partial charge in [0.2, 0.25) is 0 Å². The molecule has 2 aromatic carbocycles. The maximum atomic E-state index is 12.9. The molecule has 0 fully saturated rings. The zero-order chi connectivity index (χ0) is 15.4. The molecule has 2 rings (SSSR count). The van der Waals surface area contributed by atoms with E-state index in [2.05, 4.69) is 6.92 Å². The lowest BCUT2D eigenvalue weighted by molar-refractivity contribution is 0.0986. The van der Waals surface area contributed by atoms with E-state index in [9.17, 15) is 4.79 Å². The highest BCUT2D eigenvalue weighted by Crippen LogP contribution is 2.26. The molecule has 0 spiro atoms. The highest BCUT2D eigenvalue weighted by molar-refractivity contribution is 6.08. The predicted octanol–water partition coefficient (Wildman–Crippen LogP) is 3.94. The largest absolute Gasteiger partial charge is 0.397 e. The first-order valence-corrected chi connectivity index (χ1v) is 7.28. The van der Waals surface area contributed by atoms with E-state index < -0.39 is 0 Å². The third-order valence-electron chi connectivity index (χ3n) is 3.75. The van der Waals surface area contributed by atoms with E-state index in [0.717, 1.165) is 28.8 Å². The Hall–Kier alpha value is -2.29. The molecule has 3 heteroatoms. The molecule has 21 heavy (non-hydrogen) atoms. The fraction of sp³-hybridized carbons (Fsp3) is 0.278. The maximum Gasteiger partial charge on any atom is 0.258 e. The molecule has 0 aliphatic carbocycles.